The zero-order valence-corrected chi connectivity index (χ0v) is 18.2. The van der Waals surface area contributed by atoms with Crippen LogP contribution in [0.4, 0.5) is 10.1 Å². The molecule has 0 saturated carbocycles. The number of piperidine rings is 1. The maximum Gasteiger partial charge on any atom is 0.256 e. The van der Waals surface area contributed by atoms with E-state index >= 15 is 0 Å². The Hall–Kier alpha value is -2.29. The van der Waals surface area contributed by atoms with Crippen molar-refractivity contribution >= 4 is 21.6 Å². The Morgan fingerprint density at radius 3 is 2.17 bits per heavy atom. The molecule has 1 amide bonds. The quantitative estimate of drug-likeness (QED) is 0.773. The maximum atomic E-state index is 13.9. The molecule has 1 saturated heterocycles. The minimum absolute atomic E-state index is 0.0166. The third kappa shape index (κ3) is 4.55. The summed E-state index contributed by atoms with van der Waals surface area (Å²) in [6, 6.07) is 12.6. The number of carbonyl (C=O) groups is 1. The highest BCUT2D eigenvalue weighted by atomic mass is 32.2. The lowest BCUT2D eigenvalue weighted by Crippen LogP contribution is -2.52. The smallest absolute Gasteiger partial charge is 0.256 e. The van der Waals surface area contributed by atoms with Gasteiger partial charge in [-0.1, -0.05) is 45.0 Å². The van der Waals surface area contributed by atoms with Gasteiger partial charge in [-0.15, -0.1) is 0 Å². The molecule has 162 valence electrons. The van der Waals surface area contributed by atoms with Gasteiger partial charge in [0.25, 0.3) is 5.91 Å². The van der Waals surface area contributed by atoms with E-state index in [1.807, 2.05) is 12.1 Å². The van der Waals surface area contributed by atoms with Crippen molar-refractivity contribution in [1.29, 1.82) is 0 Å². The van der Waals surface area contributed by atoms with Crippen molar-refractivity contribution in [2.24, 2.45) is 0 Å². The van der Waals surface area contributed by atoms with Gasteiger partial charge in [0.2, 0.25) is 10.0 Å². The minimum Gasteiger partial charge on any atom is -0.380 e. The molecule has 2 aromatic carbocycles. The number of hydrogen-bond donors (Lipinski definition) is 2. The predicted octanol–water partition coefficient (Wildman–Crippen LogP) is 3.28. The lowest BCUT2D eigenvalue weighted by Gasteiger charge is -2.36. The first-order chi connectivity index (χ1) is 13.9. The molecule has 0 bridgehead atoms. The fourth-order valence-corrected chi connectivity index (χ4v) is 4.92. The summed E-state index contributed by atoms with van der Waals surface area (Å²) in [6.45, 7) is 6.11. The molecular formula is C22H27FN2O4S. The van der Waals surface area contributed by atoms with Crippen LogP contribution in [0, 0.1) is 5.82 Å². The molecule has 30 heavy (non-hydrogen) atoms. The molecule has 0 atom stereocenters. The van der Waals surface area contributed by atoms with E-state index in [0.717, 1.165) is 15.9 Å². The number of hydrogen-bond acceptors (Lipinski definition) is 4. The summed E-state index contributed by atoms with van der Waals surface area (Å²) in [4.78, 5) is 12.3. The normalized spacial score (nSPS) is 17.5. The highest BCUT2D eigenvalue weighted by Crippen LogP contribution is 2.29. The number of benzene rings is 2. The Bertz CT molecular complexity index is 1020. The van der Waals surface area contributed by atoms with Crippen molar-refractivity contribution in [1.82, 2.24) is 4.31 Å². The van der Waals surface area contributed by atoms with Crippen LogP contribution in [0.25, 0.3) is 0 Å². The van der Waals surface area contributed by atoms with E-state index in [0.29, 0.717) is 5.69 Å². The monoisotopic (exact) mass is 434 g/mol. The van der Waals surface area contributed by atoms with Crippen molar-refractivity contribution in [2.75, 3.05) is 18.4 Å². The average molecular weight is 435 g/mol. The molecule has 1 heterocycles. The molecule has 8 heteroatoms. The number of aliphatic hydroxyl groups is 1. The van der Waals surface area contributed by atoms with Crippen LogP contribution in [0.2, 0.25) is 0 Å². The standard InChI is InChI=1S/C22H27FN2O4S/c1-21(2,3)16-8-10-17(11-9-16)24-20(26)22(27)12-14-25(15-13-22)30(28,29)19-7-5-4-6-18(19)23/h4-11,27H,12-15H2,1-3H3,(H,24,26). The molecule has 0 aromatic heterocycles. The van der Waals surface area contributed by atoms with E-state index in [2.05, 4.69) is 26.1 Å². The van der Waals surface area contributed by atoms with Gasteiger partial charge in [-0.2, -0.15) is 4.31 Å². The number of nitrogens with zero attached hydrogens (tertiary/aromatic N) is 1. The third-order valence-corrected chi connectivity index (χ3v) is 7.37. The number of sulfonamides is 1. The molecule has 0 aliphatic carbocycles. The predicted molar refractivity (Wildman–Crippen MR) is 113 cm³/mol. The summed E-state index contributed by atoms with van der Waals surface area (Å²) in [5.41, 5.74) is -0.0324. The SMILES string of the molecule is CC(C)(C)c1ccc(NC(=O)C2(O)CCN(S(=O)(=O)c3ccccc3F)CC2)cc1. The maximum absolute atomic E-state index is 13.9. The molecule has 0 radical (unpaired) electrons. The molecule has 2 N–H and O–H groups in total. The van der Waals surface area contributed by atoms with Crippen molar-refractivity contribution in [2.45, 2.75) is 49.5 Å². The minimum atomic E-state index is -4.03. The molecule has 0 unspecified atom stereocenters. The molecule has 0 spiro atoms. The van der Waals surface area contributed by atoms with Crippen molar-refractivity contribution < 1.29 is 22.7 Å². The molecule has 2 aromatic rings. The lowest BCUT2D eigenvalue weighted by atomic mass is 9.87. The Kier molecular flexibility index (Phi) is 6.04. The summed E-state index contributed by atoms with van der Waals surface area (Å²) >= 11 is 0. The third-order valence-electron chi connectivity index (χ3n) is 5.44. The summed E-state index contributed by atoms with van der Waals surface area (Å²) in [6.07, 6.45) is -0.154. The van der Waals surface area contributed by atoms with Crippen LogP contribution in [0.1, 0.15) is 39.2 Å². The fraction of sp³-hybridized carbons (Fsp3) is 0.409. The molecule has 6 nitrogen and oxygen atoms in total. The summed E-state index contributed by atoms with van der Waals surface area (Å²) in [7, 11) is -4.03. The van der Waals surface area contributed by atoms with Gasteiger partial charge in [0.05, 0.1) is 0 Å². The Balaban J connectivity index is 1.67. The number of carbonyl (C=O) groups excluding carboxylic acids is 1. The first-order valence-electron chi connectivity index (χ1n) is 9.83. The van der Waals surface area contributed by atoms with Crippen LogP contribution < -0.4 is 5.32 Å². The zero-order valence-electron chi connectivity index (χ0n) is 17.4. The second kappa shape index (κ2) is 8.09. The summed E-state index contributed by atoms with van der Waals surface area (Å²) in [5, 5.41) is 13.5. The highest BCUT2D eigenvalue weighted by molar-refractivity contribution is 7.89. The van der Waals surface area contributed by atoms with Crippen LogP contribution in [-0.4, -0.2) is 42.4 Å². The van der Waals surface area contributed by atoms with Gasteiger partial charge in [0.15, 0.2) is 0 Å². The van der Waals surface area contributed by atoms with E-state index in [1.54, 1.807) is 12.1 Å². The largest absolute Gasteiger partial charge is 0.380 e. The van der Waals surface area contributed by atoms with E-state index in [9.17, 15) is 22.7 Å². The van der Waals surface area contributed by atoms with E-state index in [-0.39, 0.29) is 31.3 Å². The number of rotatable bonds is 4. The van der Waals surface area contributed by atoms with E-state index in [1.165, 1.54) is 18.2 Å². The first-order valence-corrected chi connectivity index (χ1v) is 11.3. The summed E-state index contributed by atoms with van der Waals surface area (Å²) in [5.74, 6) is -1.40. The van der Waals surface area contributed by atoms with Crippen LogP contribution in [0.3, 0.4) is 0 Å². The molecule has 1 aliphatic rings. The molecular weight excluding hydrogens is 407 g/mol. The number of amides is 1. The lowest BCUT2D eigenvalue weighted by molar-refractivity contribution is -0.137. The highest BCUT2D eigenvalue weighted by Gasteiger charge is 2.42. The van der Waals surface area contributed by atoms with Gasteiger partial charge < -0.3 is 10.4 Å². The van der Waals surface area contributed by atoms with Gasteiger partial charge in [-0.05, 0) is 48.1 Å². The van der Waals surface area contributed by atoms with Crippen LogP contribution >= 0.6 is 0 Å². The van der Waals surface area contributed by atoms with E-state index < -0.39 is 32.2 Å². The Labute approximate surface area is 176 Å². The zero-order chi connectivity index (χ0) is 22.2. The van der Waals surface area contributed by atoms with Gasteiger partial charge in [-0.25, -0.2) is 12.8 Å². The topological polar surface area (TPSA) is 86.7 Å². The fourth-order valence-electron chi connectivity index (χ4n) is 3.42. The van der Waals surface area contributed by atoms with E-state index in [4.69, 9.17) is 0 Å². The van der Waals surface area contributed by atoms with Gasteiger partial charge in [0, 0.05) is 18.8 Å². The van der Waals surface area contributed by atoms with Crippen LogP contribution in [0.15, 0.2) is 53.4 Å². The number of nitrogens with one attached hydrogen (secondary N) is 1. The molecule has 1 fully saturated rings. The Morgan fingerprint density at radius 1 is 1.07 bits per heavy atom. The Morgan fingerprint density at radius 2 is 1.63 bits per heavy atom. The van der Waals surface area contributed by atoms with Crippen molar-refractivity contribution in [3.8, 4) is 0 Å². The van der Waals surface area contributed by atoms with Gasteiger partial charge in [-0.3, -0.25) is 4.79 Å². The second-order valence-electron chi connectivity index (χ2n) is 8.65. The van der Waals surface area contributed by atoms with Crippen molar-refractivity contribution in [3.63, 3.8) is 0 Å². The molecule has 1 aliphatic heterocycles. The van der Waals surface area contributed by atoms with Gasteiger partial charge >= 0.3 is 0 Å². The van der Waals surface area contributed by atoms with Crippen LogP contribution in [0.5, 0.6) is 0 Å². The van der Waals surface area contributed by atoms with Crippen LogP contribution in [-0.2, 0) is 20.2 Å². The average Bonchev–Trinajstić information content (AvgIpc) is 2.68. The first kappa shape index (κ1) is 22.4. The summed E-state index contributed by atoms with van der Waals surface area (Å²) < 4.78 is 40.4. The van der Waals surface area contributed by atoms with Crippen molar-refractivity contribution in [3.05, 3.63) is 59.9 Å². The number of anilines is 1. The second-order valence-corrected chi connectivity index (χ2v) is 10.6. The van der Waals surface area contributed by atoms with Gasteiger partial charge in [0.1, 0.15) is 16.3 Å². The molecule has 3 rings (SSSR count). The number of halogens is 1.